The minimum atomic E-state index is -0.741. The van der Waals surface area contributed by atoms with E-state index >= 15 is 0 Å². The zero-order valence-corrected chi connectivity index (χ0v) is 10.0. The van der Waals surface area contributed by atoms with E-state index in [1.165, 1.54) is 0 Å². The minimum Gasteiger partial charge on any atom is -0.481 e. The van der Waals surface area contributed by atoms with Gasteiger partial charge in [0.2, 0.25) is 0 Å². The molecule has 0 saturated heterocycles. The first-order valence-corrected chi connectivity index (χ1v) is 5.75. The number of aryl methyl sites for hydroxylation is 1. The Bertz CT molecular complexity index is 347. The normalized spacial score (nSPS) is 11.7. The summed E-state index contributed by atoms with van der Waals surface area (Å²) in [6, 6.07) is 0. The van der Waals surface area contributed by atoms with E-state index in [2.05, 4.69) is 5.10 Å². The molecule has 1 N–H and O–H groups in total. The smallest absolute Gasteiger partial charge is 0.309 e. The molecule has 0 aromatic carbocycles. The van der Waals surface area contributed by atoms with Crippen LogP contribution in [0.4, 0.5) is 0 Å². The maximum absolute atomic E-state index is 10.8. The molecule has 1 aromatic heterocycles. The number of hydrogen-bond acceptors (Lipinski definition) is 3. The van der Waals surface area contributed by atoms with Crippen molar-refractivity contribution in [2.45, 2.75) is 25.2 Å². The van der Waals surface area contributed by atoms with Crippen molar-refractivity contribution in [1.82, 2.24) is 9.78 Å². The average molecular weight is 228 g/mol. The average Bonchev–Trinajstić information content (AvgIpc) is 2.51. The fourth-order valence-corrected chi connectivity index (χ4v) is 2.20. The second-order valence-corrected chi connectivity index (χ2v) is 5.31. The zero-order valence-electron chi connectivity index (χ0n) is 9.23. The quantitative estimate of drug-likeness (QED) is 0.783. The van der Waals surface area contributed by atoms with Gasteiger partial charge < -0.3 is 5.11 Å². The third kappa shape index (κ3) is 3.58. The molecule has 0 fully saturated rings. The highest BCUT2D eigenvalue weighted by molar-refractivity contribution is 7.99. The van der Waals surface area contributed by atoms with Crippen molar-refractivity contribution in [3.8, 4) is 0 Å². The number of rotatable bonds is 5. The lowest BCUT2D eigenvalue weighted by Crippen LogP contribution is -2.24. The van der Waals surface area contributed by atoms with Gasteiger partial charge >= 0.3 is 5.97 Å². The van der Waals surface area contributed by atoms with Gasteiger partial charge in [0.1, 0.15) is 0 Å². The van der Waals surface area contributed by atoms with Crippen LogP contribution < -0.4 is 0 Å². The predicted molar refractivity (Wildman–Crippen MR) is 60.0 cm³/mol. The van der Waals surface area contributed by atoms with Crippen molar-refractivity contribution >= 4 is 17.7 Å². The van der Waals surface area contributed by atoms with Crippen LogP contribution in [0.2, 0.25) is 0 Å². The Kier molecular flexibility index (Phi) is 3.79. The number of nitrogens with zero attached hydrogens (tertiary/aromatic N) is 2. The molecule has 0 unspecified atom stereocenters. The lowest BCUT2D eigenvalue weighted by Gasteiger charge is -2.17. The fourth-order valence-electron chi connectivity index (χ4n) is 1.00. The Balaban J connectivity index is 2.36. The van der Waals surface area contributed by atoms with Crippen LogP contribution in [0.1, 0.15) is 20.3 Å². The molecular formula is C10H16N2O2S. The van der Waals surface area contributed by atoms with Gasteiger partial charge in [-0.2, -0.15) is 5.10 Å². The van der Waals surface area contributed by atoms with Crippen molar-refractivity contribution < 1.29 is 9.90 Å². The van der Waals surface area contributed by atoms with Crippen LogP contribution in [-0.4, -0.2) is 26.6 Å². The molecule has 84 valence electrons. The van der Waals surface area contributed by atoms with Crippen LogP contribution in [0.15, 0.2) is 17.3 Å². The fraction of sp³-hybridized carbons (Fsp3) is 0.600. The molecule has 0 atom stereocenters. The maximum Gasteiger partial charge on any atom is 0.309 e. The van der Waals surface area contributed by atoms with Crippen LogP contribution in [0.3, 0.4) is 0 Å². The Labute approximate surface area is 93.7 Å². The standard InChI is InChI=1S/C10H16N2O2S/c1-10(2,9(13)14)4-5-15-8-6-11-12(3)7-8/h6-7H,4-5H2,1-3H3,(H,13,14). The largest absolute Gasteiger partial charge is 0.481 e. The number of aromatic nitrogens is 2. The Morgan fingerprint density at radius 1 is 1.67 bits per heavy atom. The summed E-state index contributed by atoms with van der Waals surface area (Å²) in [5, 5.41) is 13.0. The van der Waals surface area contributed by atoms with Gasteiger partial charge in [-0.1, -0.05) is 0 Å². The number of carboxylic acid groups (broad SMARTS) is 1. The molecule has 0 aliphatic heterocycles. The molecule has 0 spiro atoms. The van der Waals surface area contributed by atoms with Crippen LogP contribution in [0.5, 0.6) is 0 Å². The second kappa shape index (κ2) is 4.70. The SMILES string of the molecule is Cn1cc(SCCC(C)(C)C(=O)O)cn1. The molecule has 5 heteroatoms. The van der Waals surface area contributed by atoms with E-state index in [1.54, 1.807) is 36.5 Å². The monoisotopic (exact) mass is 228 g/mol. The van der Waals surface area contributed by atoms with Gasteiger partial charge in [0.25, 0.3) is 0 Å². The third-order valence-electron chi connectivity index (χ3n) is 2.26. The lowest BCUT2D eigenvalue weighted by molar-refractivity contribution is -0.146. The van der Waals surface area contributed by atoms with Crippen molar-refractivity contribution in [2.24, 2.45) is 12.5 Å². The molecule has 1 aromatic rings. The van der Waals surface area contributed by atoms with Gasteiger partial charge in [0, 0.05) is 18.1 Å². The van der Waals surface area contributed by atoms with Crippen molar-refractivity contribution in [1.29, 1.82) is 0 Å². The van der Waals surface area contributed by atoms with Gasteiger partial charge in [-0.05, 0) is 26.0 Å². The molecule has 0 radical (unpaired) electrons. The van der Waals surface area contributed by atoms with Crippen LogP contribution in [0, 0.1) is 5.41 Å². The van der Waals surface area contributed by atoms with Gasteiger partial charge in [-0.15, -0.1) is 11.8 Å². The van der Waals surface area contributed by atoms with Crippen molar-refractivity contribution in [2.75, 3.05) is 5.75 Å². The lowest BCUT2D eigenvalue weighted by atomic mass is 9.91. The highest BCUT2D eigenvalue weighted by Gasteiger charge is 2.26. The molecule has 15 heavy (non-hydrogen) atoms. The van der Waals surface area contributed by atoms with E-state index in [0.29, 0.717) is 6.42 Å². The first-order valence-electron chi connectivity index (χ1n) is 4.77. The van der Waals surface area contributed by atoms with Gasteiger partial charge in [0.05, 0.1) is 11.6 Å². The number of carboxylic acids is 1. The van der Waals surface area contributed by atoms with Crippen LogP contribution in [-0.2, 0) is 11.8 Å². The van der Waals surface area contributed by atoms with Crippen LogP contribution in [0.25, 0.3) is 0 Å². The summed E-state index contributed by atoms with van der Waals surface area (Å²) in [7, 11) is 1.87. The molecule has 0 aliphatic carbocycles. The summed E-state index contributed by atoms with van der Waals surface area (Å²) in [6.45, 7) is 3.50. The molecule has 0 saturated carbocycles. The molecule has 0 aliphatic rings. The summed E-state index contributed by atoms with van der Waals surface area (Å²) in [6.07, 6.45) is 4.37. The summed E-state index contributed by atoms with van der Waals surface area (Å²) in [5.41, 5.74) is -0.644. The van der Waals surface area contributed by atoms with E-state index in [4.69, 9.17) is 5.11 Å². The summed E-state index contributed by atoms with van der Waals surface area (Å²) in [4.78, 5) is 11.9. The molecule has 0 amide bonds. The predicted octanol–water partition coefficient (Wildman–Crippen LogP) is 2.01. The van der Waals surface area contributed by atoms with E-state index in [-0.39, 0.29) is 0 Å². The topological polar surface area (TPSA) is 55.1 Å². The van der Waals surface area contributed by atoms with E-state index in [0.717, 1.165) is 10.6 Å². The van der Waals surface area contributed by atoms with Crippen molar-refractivity contribution in [3.63, 3.8) is 0 Å². The second-order valence-electron chi connectivity index (χ2n) is 4.14. The molecule has 1 rings (SSSR count). The molecule has 0 bridgehead atoms. The first-order chi connectivity index (χ1) is 6.92. The third-order valence-corrected chi connectivity index (χ3v) is 3.21. The summed E-state index contributed by atoms with van der Waals surface area (Å²) >= 11 is 1.64. The Morgan fingerprint density at radius 2 is 2.33 bits per heavy atom. The highest BCUT2D eigenvalue weighted by Crippen LogP contribution is 2.26. The Morgan fingerprint density at radius 3 is 2.80 bits per heavy atom. The Hall–Kier alpha value is -0.970. The summed E-state index contributed by atoms with van der Waals surface area (Å²) in [5.74, 6) is 0.0552. The van der Waals surface area contributed by atoms with E-state index < -0.39 is 11.4 Å². The highest BCUT2D eigenvalue weighted by atomic mass is 32.2. The summed E-state index contributed by atoms with van der Waals surface area (Å²) < 4.78 is 1.74. The van der Waals surface area contributed by atoms with Crippen LogP contribution >= 0.6 is 11.8 Å². The van der Waals surface area contributed by atoms with Gasteiger partial charge in [-0.3, -0.25) is 9.48 Å². The first kappa shape index (κ1) is 12.1. The molecular weight excluding hydrogens is 212 g/mol. The van der Waals surface area contributed by atoms with E-state index in [1.807, 2.05) is 13.2 Å². The van der Waals surface area contributed by atoms with Gasteiger partial charge in [0.15, 0.2) is 0 Å². The molecule has 1 heterocycles. The van der Waals surface area contributed by atoms with Crippen molar-refractivity contribution in [3.05, 3.63) is 12.4 Å². The number of thioether (sulfide) groups is 1. The minimum absolute atomic E-state index is 0.644. The molecule has 4 nitrogen and oxygen atoms in total. The zero-order chi connectivity index (χ0) is 11.5. The maximum atomic E-state index is 10.8. The number of hydrogen-bond donors (Lipinski definition) is 1. The van der Waals surface area contributed by atoms with Gasteiger partial charge in [-0.25, -0.2) is 0 Å². The van der Waals surface area contributed by atoms with E-state index in [9.17, 15) is 4.79 Å². The number of aliphatic carboxylic acids is 1. The number of carbonyl (C=O) groups is 1.